The zero-order valence-electron chi connectivity index (χ0n) is 13.0. The van der Waals surface area contributed by atoms with Gasteiger partial charge in [0.2, 0.25) is 0 Å². The van der Waals surface area contributed by atoms with Gasteiger partial charge in [-0.15, -0.1) is 0 Å². The maximum Gasteiger partial charge on any atom is 0.337 e. The molecule has 0 aromatic heterocycles. The summed E-state index contributed by atoms with van der Waals surface area (Å²) in [6.45, 7) is 1.53. The van der Waals surface area contributed by atoms with Crippen molar-refractivity contribution in [2.75, 3.05) is 27.4 Å². The largest absolute Gasteiger partial charge is 0.398 e. The van der Waals surface area contributed by atoms with Crippen molar-refractivity contribution in [1.82, 2.24) is 0 Å². The minimum Gasteiger partial charge on any atom is -0.398 e. The number of hydrogen-bond donors (Lipinski definition) is 2. The molecule has 0 aromatic rings. The lowest BCUT2D eigenvalue weighted by Gasteiger charge is -2.29. The van der Waals surface area contributed by atoms with E-state index >= 15 is 0 Å². The van der Waals surface area contributed by atoms with Crippen LogP contribution < -0.4 is 0 Å². The van der Waals surface area contributed by atoms with Crippen molar-refractivity contribution in [2.45, 2.75) is 62.2 Å². The Balaban J connectivity index is 1.70. The average Bonchev–Trinajstić information content (AvgIpc) is 3.37. The summed E-state index contributed by atoms with van der Waals surface area (Å²) >= 11 is 0. The molecule has 2 rings (SSSR count). The first-order valence-electron chi connectivity index (χ1n) is 7.76. The van der Waals surface area contributed by atoms with Gasteiger partial charge in [0, 0.05) is 27.1 Å². The average molecular weight is 320 g/mol. The Hall–Kier alpha value is -0.0231. The Morgan fingerprint density at radius 1 is 0.952 bits per heavy atom. The van der Waals surface area contributed by atoms with Crippen LogP contribution in [0, 0.1) is 0 Å². The monoisotopic (exact) mass is 320 g/mol. The van der Waals surface area contributed by atoms with E-state index in [0.29, 0.717) is 25.7 Å². The Morgan fingerprint density at radius 2 is 1.33 bits per heavy atom. The molecule has 0 saturated carbocycles. The summed E-state index contributed by atoms with van der Waals surface area (Å²) in [5.74, 6) is 0. The number of hydrogen-bond acceptors (Lipinski definition) is 6. The molecule has 2 N–H and O–H groups in total. The third-order valence-electron chi connectivity index (χ3n) is 4.34. The van der Waals surface area contributed by atoms with Crippen molar-refractivity contribution in [3.63, 3.8) is 0 Å². The molecule has 2 heterocycles. The summed E-state index contributed by atoms with van der Waals surface area (Å²) in [5, 5.41) is 20.0. The number of aliphatic hydroxyl groups is 2. The molecule has 4 atom stereocenters. The fraction of sp³-hybridized carbons (Fsp3) is 1.00. The van der Waals surface area contributed by atoms with Crippen molar-refractivity contribution in [3.8, 4) is 0 Å². The predicted molar refractivity (Wildman–Crippen MR) is 79.3 cm³/mol. The van der Waals surface area contributed by atoms with E-state index in [1.54, 1.807) is 14.2 Å². The van der Waals surface area contributed by atoms with Gasteiger partial charge in [-0.1, -0.05) is 0 Å². The lowest BCUT2D eigenvalue weighted by molar-refractivity contribution is 0.134. The second-order valence-electron chi connectivity index (χ2n) is 6.09. The van der Waals surface area contributed by atoms with Crippen molar-refractivity contribution >= 4 is 8.56 Å². The summed E-state index contributed by atoms with van der Waals surface area (Å²) in [5.41, 5.74) is 0. The molecule has 0 aliphatic carbocycles. The molecule has 2 aliphatic heterocycles. The highest BCUT2D eigenvalue weighted by Crippen LogP contribution is 2.27. The van der Waals surface area contributed by atoms with Gasteiger partial charge >= 0.3 is 8.56 Å². The van der Waals surface area contributed by atoms with Crippen LogP contribution in [0.2, 0.25) is 12.1 Å². The van der Waals surface area contributed by atoms with Crippen LogP contribution in [0.1, 0.15) is 25.7 Å². The highest BCUT2D eigenvalue weighted by atomic mass is 28.4. The first-order valence-corrected chi connectivity index (χ1v) is 9.99. The van der Waals surface area contributed by atoms with Crippen LogP contribution >= 0.6 is 0 Å². The molecule has 0 amide bonds. The summed E-state index contributed by atoms with van der Waals surface area (Å²) < 4.78 is 21.6. The Kier molecular flexibility index (Phi) is 6.61. The summed E-state index contributed by atoms with van der Waals surface area (Å²) in [6, 6.07) is 1.47. The van der Waals surface area contributed by atoms with E-state index in [1.165, 1.54) is 0 Å². The summed E-state index contributed by atoms with van der Waals surface area (Å²) in [6.07, 6.45) is 2.46. The maximum absolute atomic E-state index is 9.98. The van der Waals surface area contributed by atoms with Gasteiger partial charge in [0.25, 0.3) is 0 Å². The normalized spacial score (nSPS) is 27.4. The lowest BCUT2D eigenvalue weighted by Crippen LogP contribution is -2.41. The molecule has 2 saturated heterocycles. The first kappa shape index (κ1) is 17.3. The third-order valence-corrected chi connectivity index (χ3v) is 7.92. The molecule has 0 aromatic carbocycles. The number of epoxide rings is 2. The van der Waals surface area contributed by atoms with Gasteiger partial charge < -0.3 is 28.5 Å². The van der Waals surface area contributed by atoms with Gasteiger partial charge in [-0.3, -0.25) is 0 Å². The van der Waals surface area contributed by atoms with Gasteiger partial charge in [0.05, 0.1) is 37.6 Å². The fourth-order valence-electron chi connectivity index (χ4n) is 2.64. The topological polar surface area (TPSA) is 84.0 Å². The molecule has 7 heteroatoms. The zero-order chi connectivity index (χ0) is 15.3. The van der Waals surface area contributed by atoms with Crippen molar-refractivity contribution < 1.29 is 28.5 Å². The van der Waals surface area contributed by atoms with Crippen molar-refractivity contribution in [2.24, 2.45) is 0 Å². The van der Waals surface area contributed by atoms with Crippen LogP contribution in [0.3, 0.4) is 0 Å². The third kappa shape index (κ3) is 6.31. The highest BCUT2D eigenvalue weighted by Gasteiger charge is 2.37. The molecular formula is C14H28O6Si. The molecule has 124 valence electrons. The van der Waals surface area contributed by atoms with Crippen LogP contribution in [0.5, 0.6) is 0 Å². The van der Waals surface area contributed by atoms with Gasteiger partial charge in [0.15, 0.2) is 0 Å². The molecule has 0 spiro atoms. The van der Waals surface area contributed by atoms with E-state index in [1.807, 2.05) is 0 Å². The Labute approximate surface area is 127 Å². The number of aliphatic hydroxyl groups excluding tert-OH is 2. The molecule has 21 heavy (non-hydrogen) atoms. The second kappa shape index (κ2) is 8.01. The molecule has 4 unspecified atom stereocenters. The predicted octanol–water partition coefficient (Wildman–Crippen LogP) is 0.801. The molecule has 2 aliphatic rings. The minimum atomic E-state index is -2.33. The van der Waals surface area contributed by atoms with E-state index in [9.17, 15) is 10.2 Å². The van der Waals surface area contributed by atoms with E-state index in [4.69, 9.17) is 18.3 Å². The second-order valence-corrected chi connectivity index (χ2v) is 9.72. The van der Waals surface area contributed by atoms with Crippen molar-refractivity contribution in [1.29, 1.82) is 0 Å². The number of rotatable bonds is 12. The van der Waals surface area contributed by atoms with Crippen LogP contribution in [-0.2, 0) is 18.3 Å². The Bertz CT molecular complexity index is 278. The van der Waals surface area contributed by atoms with Gasteiger partial charge in [-0.25, -0.2) is 0 Å². The lowest BCUT2D eigenvalue weighted by atomic mass is 10.1. The van der Waals surface area contributed by atoms with Gasteiger partial charge in [0.1, 0.15) is 0 Å². The fourth-order valence-corrected chi connectivity index (χ4v) is 5.42. The smallest absolute Gasteiger partial charge is 0.337 e. The standard InChI is InChI=1S/C14H28O6Si/c1-17-21(18-2,5-3-11(15)7-13-9-19-13)6-4-12(16)8-14-10-20-14/h11-16H,3-10H2,1-2H3. The van der Waals surface area contributed by atoms with Gasteiger partial charge in [-0.05, 0) is 24.9 Å². The highest BCUT2D eigenvalue weighted by molar-refractivity contribution is 6.67. The van der Waals surface area contributed by atoms with Crippen LogP contribution in [0.4, 0.5) is 0 Å². The molecule has 6 nitrogen and oxygen atoms in total. The van der Waals surface area contributed by atoms with Crippen LogP contribution in [0.25, 0.3) is 0 Å². The SMILES string of the molecule is CO[Si](CCC(O)CC1CO1)(CCC(O)CC1CO1)OC. The molecule has 0 radical (unpaired) electrons. The van der Waals surface area contributed by atoms with Crippen LogP contribution in [0.15, 0.2) is 0 Å². The van der Waals surface area contributed by atoms with Crippen LogP contribution in [-0.4, -0.2) is 70.6 Å². The maximum atomic E-state index is 9.98. The number of ether oxygens (including phenoxy) is 2. The molecule has 2 fully saturated rings. The van der Waals surface area contributed by atoms with E-state index in [-0.39, 0.29) is 24.4 Å². The molecule has 0 bridgehead atoms. The van der Waals surface area contributed by atoms with E-state index in [0.717, 1.165) is 25.3 Å². The quantitative estimate of drug-likeness (QED) is 0.409. The first-order chi connectivity index (χ1) is 10.1. The van der Waals surface area contributed by atoms with Crippen molar-refractivity contribution in [3.05, 3.63) is 0 Å². The molecular weight excluding hydrogens is 292 g/mol. The van der Waals surface area contributed by atoms with Gasteiger partial charge in [-0.2, -0.15) is 0 Å². The Morgan fingerprint density at radius 3 is 1.62 bits per heavy atom. The summed E-state index contributed by atoms with van der Waals surface area (Å²) in [4.78, 5) is 0. The van der Waals surface area contributed by atoms with E-state index < -0.39 is 8.56 Å². The minimum absolute atomic E-state index is 0.238. The summed E-state index contributed by atoms with van der Waals surface area (Å²) in [7, 11) is 1.01. The van der Waals surface area contributed by atoms with E-state index in [2.05, 4.69) is 0 Å². The zero-order valence-corrected chi connectivity index (χ0v) is 14.0.